The molecule has 110 valence electrons. The zero-order valence-electron chi connectivity index (χ0n) is 10.5. The lowest BCUT2D eigenvalue weighted by Crippen LogP contribution is -2.36. The van der Waals surface area contributed by atoms with Crippen LogP contribution in [0.3, 0.4) is 0 Å². The van der Waals surface area contributed by atoms with E-state index in [2.05, 4.69) is 0 Å². The summed E-state index contributed by atoms with van der Waals surface area (Å²) in [4.78, 5) is 0.866. The number of nitriles is 1. The summed E-state index contributed by atoms with van der Waals surface area (Å²) in [5.74, 6) is -2.56. The van der Waals surface area contributed by atoms with Gasteiger partial charge in [0.05, 0.1) is 5.57 Å². The van der Waals surface area contributed by atoms with Crippen LogP contribution in [0.25, 0.3) is 0 Å². The number of allylic oxidation sites excluding steroid dienone is 2. The summed E-state index contributed by atoms with van der Waals surface area (Å²) in [7, 11) is 0. The Morgan fingerprint density at radius 3 is 2.48 bits per heavy atom. The monoisotopic (exact) mass is 300 g/mol. The highest BCUT2D eigenvalue weighted by Crippen LogP contribution is 2.39. The summed E-state index contributed by atoms with van der Waals surface area (Å²) in [5, 5.41) is 8.76. The Labute approximate surface area is 117 Å². The fraction of sp³-hybridized carbons (Fsp3) is 0.214. The number of halogens is 5. The molecular weight excluding hydrogens is 291 g/mol. The highest BCUT2D eigenvalue weighted by molar-refractivity contribution is 5.36. The van der Waals surface area contributed by atoms with Crippen LogP contribution in [0.1, 0.15) is 11.6 Å². The average Bonchev–Trinajstić information content (AvgIpc) is 2.42. The molecule has 0 spiro atoms. The standard InChI is InChI=1S/C14H9F5N2/c15-11-4-3-10(6-12(11)16)13(14(17,18)19)21-5-1-2-9(7-20)8-21/h1-4,6,8,13H,5H2. The average molecular weight is 300 g/mol. The largest absolute Gasteiger partial charge is 0.412 e. The Balaban J connectivity index is 2.45. The third-order valence-corrected chi connectivity index (χ3v) is 2.95. The van der Waals surface area contributed by atoms with E-state index in [4.69, 9.17) is 5.26 Å². The number of hydrogen-bond donors (Lipinski definition) is 0. The van der Waals surface area contributed by atoms with E-state index in [1.807, 2.05) is 0 Å². The first-order chi connectivity index (χ1) is 9.82. The first-order valence-electron chi connectivity index (χ1n) is 5.89. The van der Waals surface area contributed by atoms with E-state index in [1.54, 1.807) is 6.07 Å². The van der Waals surface area contributed by atoms with E-state index in [-0.39, 0.29) is 12.1 Å². The van der Waals surface area contributed by atoms with Crippen LogP contribution in [0.15, 0.2) is 42.1 Å². The van der Waals surface area contributed by atoms with Crippen molar-refractivity contribution in [3.05, 3.63) is 59.3 Å². The van der Waals surface area contributed by atoms with Crippen LogP contribution in [0.5, 0.6) is 0 Å². The van der Waals surface area contributed by atoms with Crippen molar-refractivity contribution in [1.82, 2.24) is 4.90 Å². The van der Waals surface area contributed by atoms with Crippen molar-refractivity contribution in [3.63, 3.8) is 0 Å². The molecule has 1 aromatic rings. The molecule has 1 atom stereocenters. The molecule has 0 fully saturated rings. The highest BCUT2D eigenvalue weighted by atomic mass is 19.4. The normalized spacial score (nSPS) is 16.4. The maximum atomic E-state index is 13.3. The lowest BCUT2D eigenvalue weighted by Gasteiger charge is -2.33. The Kier molecular flexibility index (Phi) is 3.98. The Hall–Kier alpha value is -2.36. The molecule has 0 aromatic heterocycles. The topological polar surface area (TPSA) is 27.0 Å². The summed E-state index contributed by atoms with van der Waals surface area (Å²) in [6.45, 7) is -0.0889. The van der Waals surface area contributed by atoms with E-state index >= 15 is 0 Å². The van der Waals surface area contributed by atoms with Crippen molar-refractivity contribution in [2.75, 3.05) is 6.54 Å². The van der Waals surface area contributed by atoms with Gasteiger partial charge in [0, 0.05) is 12.7 Å². The van der Waals surface area contributed by atoms with Gasteiger partial charge < -0.3 is 4.90 Å². The van der Waals surface area contributed by atoms with Gasteiger partial charge in [-0.2, -0.15) is 18.4 Å². The number of alkyl halides is 3. The molecule has 7 heteroatoms. The predicted octanol–water partition coefficient (Wildman–Crippen LogP) is 3.85. The van der Waals surface area contributed by atoms with Gasteiger partial charge in [-0.25, -0.2) is 8.78 Å². The van der Waals surface area contributed by atoms with E-state index in [1.165, 1.54) is 12.2 Å². The van der Waals surface area contributed by atoms with Crippen LogP contribution in [0, 0.1) is 23.0 Å². The minimum atomic E-state index is -4.70. The molecule has 2 rings (SSSR count). The van der Waals surface area contributed by atoms with Crippen LogP contribution in [0.4, 0.5) is 22.0 Å². The van der Waals surface area contributed by atoms with E-state index in [9.17, 15) is 22.0 Å². The van der Waals surface area contributed by atoms with Crippen molar-refractivity contribution < 1.29 is 22.0 Å². The molecular formula is C14H9F5N2. The Morgan fingerprint density at radius 2 is 1.90 bits per heavy atom. The molecule has 0 bridgehead atoms. The third kappa shape index (κ3) is 3.21. The zero-order chi connectivity index (χ0) is 15.6. The molecule has 1 aliphatic heterocycles. The lowest BCUT2D eigenvalue weighted by atomic mass is 10.0. The van der Waals surface area contributed by atoms with Crippen molar-refractivity contribution in [3.8, 4) is 6.07 Å². The first-order valence-corrected chi connectivity index (χ1v) is 5.89. The van der Waals surface area contributed by atoms with Crippen LogP contribution in [0.2, 0.25) is 0 Å². The van der Waals surface area contributed by atoms with Gasteiger partial charge in [0.25, 0.3) is 0 Å². The molecule has 1 aromatic carbocycles. The minimum absolute atomic E-state index is 0.0538. The maximum Gasteiger partial charge on any atom is 0.412 e. The molecule has 1 aliphatic rings. The number of rotatable bonds is 2. The molecule has 0 aliphatic carbocycles. The maximum absolute atomic E-state index is 13.3. The van der Waals surface area contributed by atoms with Gasteiger partial charge >= 0.3 is 6.18 Å². The van der Waals surface area contributed by atoms with Crippen molar-refractivity contribution in [2.45, 2.75) is 12.2 Å². The molecule has 0 saturated heterocycles. The van der Waals surface area contributed by atoms with Crippen LogP contribution in [-0.2, 0) is 0 Å². The lowest BCUT2D eigenvalue weighted by molar-refractivity contribution is -0.178. The van der Waals surface area contributed by atoms with Crippen molar-refractivity contribution >= 4 is 0 Å². The molecule has 0 radical (unpaired) electrons. The van der Waals surface area contributed by atoms with Gasteiger partial charge in [-0.15, -0.1) is 0 Å². The molecule has 2 nitrogen and oxygen atoms in total. The Morgan fingerprint density at radius 1 is 1.19 bits per heavy atom. The summed E-state index contributed by atoms with van der Waals surface area (Å²) in [6, 6.07) is 1.65. The SMILES string of the molecule is N#CC1=CN(C(c2ccc(F)c(F)c2)C(F)(F)F)CC=C1. The van der Waals surface area contributed by atoms with Gasteiger partial charge in [-0.3, -0.25) is 0 Å². The van der Waals surface area contributed by atoms with Crippen LogP contribution >= 0.6 is 0 Å². The minimum Gasteiger partial charge on any atom is -0.357 e. The van der Waals surface area contributed by atoms with Gasteiger partial charge in [-0.05, 0) is 23.8 Å². The second-order valence-corrected chi connectivity index (χ2v) is 4.41. The zero-order valence-corrected chi connectivity index (χ0v) is 10.5. The van der Waals surface area contributed by atoms with E-state index < -0.39 is 29.4 Å². The van der Waals surface area contributed by atoms with Gasteiger partial charge in [0.15, 0.2) is 17.7 Å². The molecule has 0 amide bonds. The first kappa shape index (κ1) is 15.0. The molecule has 1 heterocycles. The highest BCUT2D eigenvalue weighted by Gasteiger charge is 2.44. The molecule has 0 N–H and O–H groups in total. The van der Waals surface area contributed by atoms with Gasteiger partial charge in [-0.1, -0.05) is 12.1 Å². The number of benzene rings is 1. The van der Waals surface area contributed by atoms with Crippen molar-refractivity contribution in [1.29, 1.82) is 5.26 Å². The number of nitrogens with zero attached hydrogens (tertiary/aromatic N) is 2. The van der Waals surface area contributed by atoms with Gasteiger partial charge in [0.2, 0.25) is 0 Å². The quantitative estimate of drug-likeness (QED) is 0.776. The third-order valence-electron chi connectivity index (χ3n) is 2.95. The van der Waals surface area contributed by atoms with Crippen LogP contribution < -0.4 is 0 Å². The number of hydrogen-bond acceptors (Lipinski definition) is 2. The van der Waals surface area contributed by atoms with Gasteiger partial charge in [0.1, 0.15) is 6.07 Å². The predicted molar refractivity (Wildman–Crippen MR) is 64.7 cm³/mol. The summed E-state index contributed by atoms with van der Waals surface area (Å²) < 4.78 is 65.9. The molecule has 21 heavy (non-hydrogen) atoms. The summed E-state index contributed by atoms with van der Waals surface area (Å²) >= 11 is 0. The Bertz CT molecular complexity index is 640. The van der Waals surface area contributed by atoms with Crippen molar-refractivity contribution in [2.24, 2.45) is 0 Å². The summed E-state index contributed by atoms with van der Waals surface area (Å²) in [5.41, 5.74) is -0.372. The second kappa shape index (κ2) is 5.56. The second-order valence-electron chi connectivity index (χ2n) is 4.41. The van der Waals surface area contributed by atoms with E-state index in [0.29, 0.717) is 12.1 Å². The van der Waals surface area contributed by atoms with E-state index in [0.717, 1.165) is 17.2 Å². The summed E-state index contributed by atoms with van der Waals surface area (Å²) in [6.07, 6.45) is -0.849. The fourth-order valence-corrected chi connectivity index (χ4v) is 2.07. The molecule has 1 unspecified atom stereocenters. The fourth-order valence-electron chi connectivity index (χ4n) is 2.07. The smallest absolute Gasteiger partial charge is 0.357 e. The molecule has 0 saturated carbocycles. The van der Waals surface area contributed by atoms with Crippen LogP contribution in [-0.4, -0.2) is 17.6 Å².